The van der Waals surface area contributed by atoms with E-state index in [2.05, 4.69) is 38.3 Å². The van der Waals surface area contributed by atoms with Gasteiger partial charge in [0.25, 0.3) is 0 Å². The van der Waals surface area contributed by atoms with Crippen molar-refractivity contribution < 1.29 is 0 Å². The zero-order valence-electron chi connectivity index (χ0n) is 11.2. The van der Waals surface area contributed by atoms with Crippen LogP contribution in [0.5, 0.6) is 0 Å². The van der Waals surface area contributed by atoms with Crippen molar-refractivity contribution in [1.82, 2.24) is 4.90 Å². The summed E-state index contributed by atoms with van der Waals surface area (Å²) in [5.41, 5.74) is 4.00. The number of rotatable bonds is 9. The van der Waals surface area contributed by atoms with Crippen molar-refractivity contribution in [3.63, 3.8) is 0 Å². The van der Waals surface area contributed by atoms with Crippen molar-refractivity contribution in [3.05, 3.63) is 11.3 Å². The molecule has 0 aliphatic rings. The van der Waals surface area contributed by atoms with Crippen molar-refractivity contribution in [2.45, 2.75) is 53.0 Å². The highest BCUT2D eigenvalue weighted by Gasteiger charge is 2.00. The summed E-state index contributed by atoms with van der Waals surface area (Å²) in [4.78, 5) is 2.62. The van der Waals surface area contributed by atoms with Gasteiger partial charge in [0, 0.05) is 9.52 Å². The maximum absolute atomic E-state index is 2.62. The number of nitrogens with zero attached hydrogens (tertiary/aromatic N) is 1. The summed E-state index contributed by atoms with van der Waals surface area (Å²) in [6.45, 7) is 12.9. The Hall–Kier alpha value is -0.0831. The lowest BCUT2D eigenvalue weighted by Crippen LogP contribution is -2.26. The minimum Gasteiger partial charge on any atom is -0.303 e. The van der Waals surface area contributed by atoms with Gasteiger partial charge in [0.15, 0.2) is 0 Å². The van der Waals surface area contributed by atoms with Crippen LogP contribution in [0.4, 0.5) is 0 Å². The quantitative estimate of drug-likeness (QED) is 0.432. The minimum absolute atomic E-state index is 0.104. The molecule has 0 amide bonds. The lowest BCUT2D eigenvalue weighted by Gasteiger charge is -2.20. The van der Waals surface area contributed by atoms with E-state index >= 15 is 0 Å². The predicted molar refractivity (Wildman–Crippen MR) is 74.4 cm³/mol. The van der Waals surface area contributed by atoms with Gasteiger partial charge in [-0.05, 0) is 52.7 Å². The molecule has 0 aromatic rings. The van der Waals surface area contributed by atoms with Crippen LogP contribution in [0.25, 0.3) is 0 Å². The van der Waals surface area contributed by atoms with Crippen molar-refractivity contribution in [2.75, 3.05) is 19.6 Å². The molecule has 15 heavy (non-hydrogen) atoms. The van der Waals surface area contributed by atoms with Crippen molar-refractivity contribution in [3.8, 4) is 0 Å². The molecule has 0 rings (SSSR count). The third-order valence-corrected chi connectivity index (χ3v) is 4.57. The van der Waals surface area contributed by atoms with Gasteiger partial charge < -0.3 is 4.90 Å². The molecule has 0 saturated carbocycles. The van der Waals surface area contributed by atoms with Crippen LogP contribution in [0.3, 0.4) is 0 Å². The molecule has 0 fully saturated rings. The normalized spacial score (nSPS) is 11.5. The highest BCUT2D eigenvalue weighted by atomic mass is 28.2. The van der Waals surface area contributed by atoms with Gasteiger partial charge in [0.05, 0.1) is 0 Å². The fourth-order valence-electron chi connectivity index (χ4n) is 1.84. The Morgan fingerprint density at radius 2 is 1.67 bits per heavy atom. The summed E-state index contributed by atoms with van der Waals surface area (Å²) in [5.74, 6) is 0. The average Bonchev–Trinajstić information content (AvgIpc) is 2.17. The van der Waals surface area contributed by atoms with E-state index < -0.39 is 0 Å². The van der Waals surface area contributed by atoms with Crippen LogP contribution < -0.4 is 0 Å². The van der Waals surface area contributed by atoms with Gasteiger partial charge >= 0.3 is 0 Å². The first-order chi connectivity index (χ1) is 7.20. The second-order valence-corrected chi connectivity index (χ2v) is 6.31. The molecule has 0 aromatic carbocycles. The molecule has 0 spiro atoms. The molecule has 0 bridgehead atoms. The first-order valence-corrected chi connectivity index (χ1v) is 8.38. The van der Waals surface area contributed by atoms with E-state index in [0.29, 0.717) is 0 Å². The summed E-state index contributed by atoms with van der Waals surface area (Å²) in [7, 11) is 0.104. The zero-order chi connectivity index (χ0) is 11.5. The maximum atomic E-state index is 2.62. The summed E-state index contributed by atoms with van der Waals surface area (Å²) in [6.07, 6.45) is 4.01. The Balaban J connectivity index is 3.48. The molecule has 0 aliphatic heterocycles. The molecule has 0 heterocycles. The highest BCUT2D eigenvalue weighted by Crippen LogP contribution is 1.99. The Bertz CT molecular complexity index is 156. The lowest BCUT2D eigenvalue weighted by atomic mass is 10.3. The SMILES string of the molecule is CCCN(CCC)CCC[SiH2]C=C(C)C. The fraction of sp³-hybridized carbons (Fsp3) is 0.846. The van der Waals surface area contributed by atoms with Gasteiger partial charge in [-0.3, -0.25) is 0 Å². The topological polar surface area (TPSA) is 3.24 Å². The Morgan fingerprint density at radius 3 is 2.13 bits per heavy atom. The molecule has 0 unspecified atom stereocenters. The minimum atomic E-state index is 0.104. The summed E-state index contributed by atoms with van der Waals surface area (Å²) < 4.78 is 0. The largest absolute Gasteiger partial charge is 0.303 e. The Morgan fingerprint density at radius 1 is 1.07 bits per heavy atom. The molecule has 90 valence electrons. The van der Waals surface area contributed by atoms with E-state index in [0.717, 1.165) is 0 Å². The van der Waals surface area contributed by atoms with Gasteiger partial charge in [-0.15, -0.1) is 5.70 Å². The molecule has 0 atom stereocenters. The molecule has 0 aliphatic carbocycles. The van der Waals surface area contributed by atoms with Gasteiger partial charge in [-0.2, -0.15) is 0 Å². The zero-order valence-corrected chi connectivity index (χ0v) is 12.6. The molecule has 0 N–H and O–H groups in total. The monoisotopic (exact) mass is 227 g/mol. The molecule has 2 heteroatoms. The summed E-state index contributed by atoms with van der Waals surface area (Å²) >= 11 is 0. The number of allylic oxidation sites excluding steroid dienone is 1. The molecule has 0 aromatic heterocycles. The van der Waals surface area contributed by atoms with Crippen LogP contribution in [-0.4, -0.2) is 34.1 Å². The molecule has 1 nitrogen and oxygen atoms in total. The van der Waals surface area contributed by atoms with Crippen LogP contribution in [0, 0.1) is 0 Å². The van der Waals surface area contributed by atoms with Crippen molar-refractivity contribution in [1.29, 1.82) is 0 Å². The van der Waals surface area contributed by atoms with Crippen LogP contribution in [0.1, 0.15) is 47.0 Å². The van der Waals surface area contributed by atoms with Gasteiger partial charge in [-0.1, -0.05) is 25.5 Å². The van der Waals surface area contributed by atoms with Crippen molar-refractivity contribution in [2.24, 2.45) is 0 Å². The standard InChI is InChI=1S/C13H29NSi/c1-5-8-14(9-6-2)10-7-11-15-12-13(3)4/h12H,5-11,15H2,1-4H3. The third-order valence-electron chi connectivity index (χ3n) is 2.56. The Labute approximate surface area is 98.8 Å². The van der Waals surface area contributed by atoms with Crippen LogP contribution in [0.15, 0.2) is 11.3 Å². The molecule has 0 radical (unpaired) electrons. The van der Waals surface area contributed by atoms with E-state index in [4.69, 9.17) is 0 Å². The first-order valence-electron chi connectivity index (χ1n) is 6.56. The van der Waals surface area contributed by atoms with Crippen molar-refractivity contribution >= 4 is 9.52 Å². The predicted octanol–water partition coefficient (Wildman–Crippen LogP) is 3.01. The smallest absolute Gasteiger partial charge is 0.0453 e. The number of hydrogen-bond donors (Lipinski definition) is 0. The van der Waals surface area contributed by atoms with E-state index in [9.17, 15) is 0 Å². The van der Waals surface area contributed by atoms with Gasteiger partial charge in [0.2, 0.25) is 0 Å². The molecular formula is C13H29NSi. The average molecular weight is 227 g/mol. The van der Waals surface area contributed by atoms with E-state index in [-0.39, 0.29) is 9.52 Å². The third kappa shape index (κ3) is 10.2. The first kappa shape index (κ1) is 14.9. The Kier molecular flexibility index (Phi) is 10.4. The summed E-state index contributed by atoms with van der Waals surface area (Å²) in [5, 5.41) is 0. The highest BCUT2D eigenvalue weighted by molar-refractivity contribution is 6.42. The second kappa shape index (κ2) is 10.4. The number of hydrogen-bond acceptors (Lipinski definition) is 1. The van der Waals surface area contributed by atoms with Gasteiger partial charge in [0.1, 0.15) is 0 Å². The second-order valence-electron chi connectivity index (χ2n) is 4.62. The molecule has 0 saturated heterocycles. The van der Waals surface area contributed by atoms with E-state index in [1.165, 1.54) is 50.5 Å². The molecular weight excluding hydrogens is 198 g/mol. The van der Waals surface area contributed by atoms with Crippen LogP contribution >= 0.6 is 0 Å². The fourth-order valence-corrected chi connectivity index (χ4v) is 3.13. The summed E-state index contributed by atoms with van der Waals surface area (Å²) in [6, 6.07) is 1.48. The van der Waals surface area contributed by atoms with E-state index in [1.54, 1.807) is 0 Å². The lowest BCUT2D eigenvalue weighted by molar-refractivity contribution is 0.275. The van der Waals surface area contributed by atoms with Gasteiger partial charge in [-0.25, -0.2) is 0 Å². The van der Waals surface area contributed by atoms with E-state index in [1.807, 2.05) is 0 Å². The van der Waals surface area contributed by atoms with Crippen LogP contribution in [0.2, 0.25) is 6.04 Å². The maximum Gasteiger partial charge on any atom is 0.0453 e. The van der Waals surface area contributed by atoms with Crippen LogP contribution in [-0.2, 0) is 0 Å².